The Bertz CT molecular complexity index is 1210. The Labute approximate surface area is 214 Å². The van der Waals surface area contributed by atoms with E-state index in [4.69, 9.17) is 4.42 Å². The van der Waals surface area contributed by atoms with Gasteiger partial charge in [-0.3, -0.25) is 9.59 Å². The van der Waals surface area contributed by atoms with Crippen LogP contribution in [-0.2, 0) is 30.6 Å². The third-order valence-electron chi connectivity index (χ3n) is 6.71. The summed E-state index contributed by atoms with van der Waals surface area (Å²) in [6, 6.07) is 12.0. The Morgan fingerprint density at radius 2 is 1.89 bits per heavy atom. The summed E-state index contributed by atoms with van der Waals surface area (Å²) in [5.74, 6) is 0.486. The molecule has 2 aromatic heterocycles. The number of benzene rings is 1. The second kappa shape index (κ2) is 11.7. The zero-order valence-electron chi connectivity index (χ0n) is 20.9. The number of hydrogen-bond donors (Lipinski definition) is 1. The van der Waals surface area contributed by atoms with E-state index in [1.807, 2.05) is 27.8 Å². The average Bonchev–Trinajstić information content (AvgIpc) is 3.65. The number of hydrogen-bond acceptors (Lipinski definition) is 3. The molecule has 1 saturated carbocycles. The number of nitrogens with one attached hydrogen (secondary N) is 1. The largest absolute Gasteiger partial charge is 0.454 e. The lowest BCUT2D eigenvalue weighted by Crippen LogP contribution is -2.36. The Kier molecular flexibility index (Phi) is 8.41. The molecule has 9 heteroatoms. The molecule has 6 nitrogen and oxygen atoms in total. The van der Waals surface area contributed by atoms with Gasteiger partial charge in [-0.1, -0.05) is 31.9 Å². The molecule has 37 heavy (non-hydrogen) atoms. The van der Waals surface area contributed by atoms with Crippen LogP contribution in [-0.4, -0.2) is 27.8 Å². The Morgan fingerprint density at radius 1 is 1.11 bits per heavy atom. The number of aromatic nitrogens is 1. The first-order valence-corrected chi connectivity index (χ1v) is 12.7. The van der Waals surface area contributed by atoms with Gasteiger partial charge in [-0.2, -0.15) is 13.2 Å². The summed E-state index contributed by atoms with van der Waals surface area (Å²) in [5.41, 5.74) is 0.562. The molecule has 0 bridgehead atoms. The molecule has 2 heterocycles. The quantitative estimate of drug-likeness (QED) is 0.360. The summed E-state index contributed by atoms with van der Waals surface area (Å²) >= 11 is 0. The number of nitrogens with zero attached hydrogens (tertiary/aromatic N) is 2. The second-order valence-electron chi connectivity index (χ2n) is 9.52. The Morgan fingerprint density at radius 3 is 2.62 bits per heavy atom. The molecule has 1 aromatic carbocycles. The molecular weight excluding hydrogens is 483 g/mol. The van der Waals surface area contributed by atoms with E-state index in [1.54, 1.807) is 12.1 Å². The first kappa shape index (κ1) is 26.6. The molecule has 0 saturated heterocycles. The maximum atomic E-state index is 13.0. The number of carbonyl (C=O) groups is 2. The number of alkyl halides is 3. The lowest BCUT2D eigenvalue weighted by atomic mass is 10.1. The van der Waals surface area contributed by atoms with E-state index in [0.29, 0.717) is 31.0 Å². The van der Waals surface area contributed by atoms with Crippen LogP contribution in [0.1, 0.15) is 72.2 Å². The standard InChI is InChI=1S/C28H32F3N3O3/c1-2-14-34(27(36)21-8-3-4-9-21)18-23-11-6-15-33(23)19-24-12-13-25(37-24)26(35)32-17-20-7-5-10-22(16-20)28(29,30)31/h5-7,10-13,15-16,21H,2-4,8-9,14,17-19H2,1H3,(H,32,35). The SMILES string of the molecule is CCCN(Cc1cccn1Cc1ccc(C(=O)NCc2cccc(C(F)(F)F)c2)o1)C(=O)C1CCCC1. The van der Waals surface area contributed by atoms with E-state index < -0.39 is 17.6 Å². The fraction of sp³-hybridized carbons (Fsp3) is 0.429. The van der Waals surface area contributed by atoms with Crippen molar-refractivity contribution in [2.75, 3.05) is 6.54 Å². The molecule has 1 N–H and O–H groups in total. The lowest BCUT2D eigenvalue weighted by Gasteiger charge is -2.26. The summed E-state index contributed by atoms with van der Waals surface area (Å²) in [6.07, 6.45) is 2.51. The van der Waals surface area contributed by atoms with E-state index in [2.05, 4.69) is 12.2 Å². The number of halogens is 3. The topological polar surface area (TPSA) is 67.5 Å². The predicted octanol–water partition coefficient (Wildman–Crippen LogP) is 6.01. The van der Waals surface area contributed by atoms with Crippen molar-refractivity contribution < 1.29 is 27.2 Å². The highest BCUT2D eigenvalue weighted by Crippen LogP contribution is 2.30. The van der Waals surface area contributed by atoms with Gasteiger partial charge in [0.25, 0.3) is 5.91 Å². The van der Waals surface area contributed by atoms with Crippen molar-refractivity contribution in [3.63, 3.8) is 0 Å². The molecule has 198 valence electrons. The van der Waals surface area contributed by atoms with Gasteiger partial charge in [0.05, 0.1) is 18.7 Å². The molecule has 0 spiro atoms. The molecule has 1 fully saturated rings. The van der Waals surface area contributed by atoms with Crippen LogP contribution in [0, 0.1) is 5.92 Å². The smallest absolute Gasteiger partial charge is 0.416 e. The van der Waals surface area contributed by atoms with Crippen LogP contribution in [0.3, 0.4) is 0 Å². The van der Waals surface area contributed by atoms with Crippen LogP contribution in [0.5, 0.6) is 0 Å². The van der Waals surface area contributed by atoms with Crippen molar-refractivity contribution in [1.82, 2.24) is 14.8 Å². The van der Waals surface area contributed by atoms with Crippen molar-refractivity contribution in [2.45, 2.75) is 64.8 Å². The van der Waals surface area contributed by atoms with Crippen molar-refractivity contribution in [3.8, 4) is 0 Å². The molecule has 0 unspecified atom stereocenters. The van der Waals surface area contributed by atoms with Crippen LogP contribution in [0.15, 0.2) is 59.1 Å². The average molecular weight is 516 g/mol. The third kappa shape index (κ3) is 6.84. The van der Waals surface area contributed by atoms with Crippen LogP contribution in [0.2, 0.25) is 0 Å². The first-order chi connectivity index (χ1) is 17.7. The van der Waals surface area contributed by atoms with E-state index in [-0.39, 0.29) is 24.1 Å². The Hall–Kier alpha value is -3.49. The number of carbonyl (C=O) groups excluding carboxylic acids is 2. The van der Waals surface area contributed by atoms with Gasteiger partial charge in [-0.15, -0.1) is 0 Å². The molecule has 4 rings (SSSR count). The van der Waals surface area contributed by atoms with Crippen LogP contribution in [0.25, 0.3) is 0 Å². The van der Waals surface area contributed by atoms with Crippen molar-refractivity contribution in [3.05, 3.63) is 83.1 Å². The van der Waals surface area contributed by atoms with Gasteiger partial charge < -0.3 is 19.2 Å². The van der Waals surface area contributed by atoms with E-state index >= 15 is 0 Å². The zero-order valence-corrected chi connectivity index (χ0v) is 20.9. The van der Waals surface area contributed by atoms with Crippen molar-refractivity contribution in [1.29, 1.82) is 0 Å². The number of furan rings is 1. The summed E-state index contributed by atoms with van der Waals surface area (Å²) in [4.78, 5) is 27.5. The minimum atomic E-state index is -4.44. The molecular formula is C28H32F3N3O3. The van der Waals surface area contributed by atoms with Gasteiger partial charge in [0.15, 0.2) is 5.76 Å². The van der Waals surface area contributed by atoms with Crippen LogP contribution < -0.4 is 5.32 Å². The first-order valence-electron chi connectivity index (χ1n) is 12.7. The highest BCUT2D eigenvalue weighted by atomic mass is 19.4. The van der Waals surface area contributed by atoms with Gasteiger partial charge in [0, 0.05) is 30.9 Å². The normalized spacial score (nSPS) is 14.2. The van der Waals surface area contributed by atoms with Gasteiger partial charge in [0.2, 0.25) is 5.91 Å². The summed E-state index contributed by atoms with van der Waals surface area (Å²) < 4.78 is 46.5. The molecule has 3 aromatic rings. The van der Waals surface area contributed by atoms with Crippen molar-refractivity contribution in [2.24, 2.45) is 5.92 Å². The summed E-state index contributed by atoms with van der Waals surface area (Å²) in [7, 11) is 0. The van der Waals surface area contributed by atoms with E-state index in [1.165, 1.54) is 12.1 Å². The predicted molar refractivity (Wildman–Crippen MR) is 133 cm³/mol. The van der Waals surface area contributed by atoms with E-state index in [9.17, 15) is 22.8 Å². The van der Waals surface area contributed by atoms with Gasteiger partial charge in [-0.25, -0.2) is 0 Å². The maximum absolute atomic E-state index is 13.0. The van der Waals surface area contributed by atoms with Crippen molar-refractivity contribution >= 4 is 11.8 Å². The second-order valence-corrected chi connectivity index (χ2v) is 9.52. The third-order valence-corrected chi connectivity index (χ3v) is 6.71. The molecule has 0 aliphatic heterocycles. The lowest BCUT2D eigenvalue weighted by molar-refractivity contribution is -0.138. The monoisotopic (exact) mass is 515 g/mol. The molecule has 2 amide bonds. The van der Waals surface area contributed by atoms with Crippen LogP contribution in [0.4, 0.5) is 13.2 Å². The minimum absolute atomic E-state index is 0.0528. The highest BCUT2D eigenvalue weighted by Gasteiger charge is 2.30. The van der Waals surface area contributed by atoms with Gasteiger partial charge in [0.1, 0.15) is 5.76 Å². The molecule has 0 atom stereocenters. The molecule has 0 radical (unpaired) electrons. The summed E-state index contributed by atoms with van der Waals surface area (Å²) in [6.45, 7) is 3.62. The van der Waals surface area contributed by atoms with Gasteiger partial charge >= 0.3 is 6.18 Å². The number of amides is 2. The van der Waals surface area contributed by atoms with Gasteiger partial charge in [-0.05, 0) is 61.2 Å². The highest BCUT2D eigenvalue weighted by molar-refractivity contribution is 5.91. The minimum Gasteiger partial charge on any atom is -0.454 e. The fourth-order valence-corrected chi connectivity index (χ4v) is 4.79. The fourth-order valence-electron chi connectivity index (χ4n) is 4.79. The van der Waals surface area contributed by atoms with E-state index in [0.717, 1.165) is 49.9 Å². The zero-order chi connectivity index (χ0) is 26.4. The number of rotatable bonds is 10. The Balaban J connectivity index is 1.36. The summed E-state index contributed by atoms with van der Waals surface area (Å²) in [5, 5.41) is 2.61. The molecule has 1 aliphatic carbocycles. The molecule has 1 aliphatic rings. The van der Waals surface area contributed by atoms with Crippen LogP contribution >= 0.6 is 0 Å². The maximum Gasteiger partial charge on any atom is 0.416 e.